The van der Waals surface area contributed by atoms with E-state index in [9.17, 15) is 0 Å². The van der Waals surface area contributed by atoms with Crippen molar-refractivity contribution in [3.63, 3.8) is 0 Å². The Kier molecular flexibility index (Phi) is 5.98. The van der Waals surface area contributed by atoms with Gasteiger partial charge in [-0.1, -0.05) is 53.7 Å². The summed E-state index contributed by atoms with van der Waals surface area (Å²) in [7, 11) is 2.93. The van der Waals surface area contributed by atoms with Crippen LogP contribution in [0.2, 0.25) is 0 Å². The minimum absolute atomic E-state index is 0.341. The first kappa shape index (κ1) is 14.2. The van der Waals surface area contributed by atoms with E-state index in [1.54, 1.807) is 0 Å². The minimum atomic E-state index is 0.341. The SMILES string of the molecule is CCC(C)(C=CC(C)C(C)C)[C@H](C)P. The third kappa shape index (κ3) is 4.13. The van der Waals surface area contributed by atoms with Crippen molar-refractivity contribution in [3.05, 3.63) is 12.2 Å². The third-order valence-electron chi connectivity index (χ3n) is 3.63. The lowest BCUT2D eigenvalue weighted by molar-refractivity contribution is 0.400. The summed E-state index contributed by atoms with van der Waals surface area (Å²) in [5, 5.41) is 0. The van der Waals surface area contributed by atoms with Crippen LogP contribution in [0.25, 0.3) is 0 Å². The molecule has 0 spiro atoms. The lowest BCUT2D eigenvalue weighted by atomic mass is 9.82. The van der Waals surface area contributed by atoms with Gasteiger partial charge >= 0.3 is 0 Å². The predicted molar refractivity (Wildman–Crippen MR) is 70.7 cm³/mol. The van der Waals surface area contributed by atoms with E-state index in [0.29, 0.717) is 17.0 Å². The Hall–Kier alpha value is 0.170. The molecule has 1 heteroatoms. The van der Waals surface area contributed by atoms with Gasteiger partial charge in [-0.25, -0.2) is 0 Å². The molecule has 0 aromatic carbocycles. The van der Waals surface area contributed by atoms with Crippen LogP contribution in [-0.4, -0.2) is 5.66 Å². The van der Waals surface area contributed by atoms with Crippen molar-refractivity contribution >= 4 is 9.24 Å². The monoisotopic (exact) mass is 214 g/mol. The standard InChI is InChI=1S/C13H27P/c1-7-13(6,12(5)14)9-8-11(4)10(2)3/h8-12H,7,14H2,1-6H3/t11?,12-,13?/m0/s1. The highest BCUT2D eigenvalue weighted by Gasteiger charge is 2.23. The van der Waals surface area contributed by atoms with Crippen molar-refractivity contribution in [3.8, 4) is 0 Å². The van der Waals surface area contributed by atoms with E-state index in [1.165, 1.54) is 6.42 Å². The molecule has 0 N–H and O–H groups in total. The van der Waals surface area contributed by atoms with Gasteiger partial charge in [-0.15, -0.1) is 9.24 Å². The quantitative estimate of drug-likeness (QED) is 0.466. The van der Waals surface area contributed by atoms with E-state index in [2.05, 4.69) is 62.9 Å². The Bertz CT molecular complexity index is 182. The van der Waals surface area contributed by atoms with Crippen molar-refractivity contribution in [2.24, 2.45) is 17.3 Å². The van der Waals surface area contributed by atoms with Crippen LogP contribution in [0.3, 0.4) is 0 Å². The van der Waals surface area contributed by atoms with Crippen molar-refractivity contribution in [1.29, 1.82) is 0 Å². The van der Waals surface area contributed by atoms with Crippen molar-refractivity contribution < 1.29 is 0 Å². The number of allylic oxidation sites excluding steroid dienone is 2. The highest BCUT2D eigenvalue weighted by Crippen LogP contribution is 2.33. The largest absolute Gasteiger partial charge is 0.134 e. The zero-order chi connectivity index (χ0) is 11.4. The zero-order valence-electron chi connectivity index (χ0n) is 10.7. The van der Waals surface area contributed by atoms with Crippen molar-refractivity contribution in [2.45, 2.75) is 53.6 Å². The van der Waals surface area contributed by atoms with Crippen LogP contribution >= 0.6 is 9.24 Å². The molecule has 0 aromatic rings. The van der Waals surface area contributed by atoms with Gasteiger partial charge in [0.1, 0.15) is 0 Å². The highest BCUT2D eigenvalue weighted by atomic mass is 31.0. The van der Waals surface area contributed by atoms with E-state index < -0.39 is 0 Å². The number of hydrogen-bond donors (Lipinski definition) is 0. The van der Waals surface area contributed by atoms with Crippen molar-refractivity contribution in [1.82, 2.24) is 0 Å². The summed E-state index contributed by atoms with van der Waals surface area (Å²) in [6.07, 6.45) is 6.00. The molecule has 0 aliphatic carbocycles. The topological polar surface area (TPSA) is 0 Å². The van der Waals surface area contributed by atoms with Crippen LogP contribution in [0.15, 0.2) is 12.2 Å². The summed E-state index contributed by atoms with van der Waals surface area (Å²) in [6, 6.07) is 0. The molecule has 84 valence electrons. The van der Waals surface area contributed by atoms with Crippen LogP contribution in [0.5, 0.6) is 0 Å². The normalized spacial score (nSPS) is 21.1. The summed E-state index contributed by atoms with van der Waals surface area (Å²) < 4.78 is 0. The molecule has 14 heavy (non-hydrogen) atoms. The second-order valence-electron chi connectivity index (χ2n) is 5.11. The fourth-order valence-electron chi connectivity index (χ4n) is 1.19. The molecular formula is C13H27P. The fourth-order valence-corrected chi connectivity index (χ4v) is 1.53. The molecule has 0 radical (unpaired) electrons. The average Bonchev–Trinajstić information content (AvgIpc) is 2.12. The minimum Gasteiger partial charge on any atom is -0.134 e. The highest BCUT2D eigenvalue weighted by molar-refractivity contribution is 7.17. The molecule has 0 fully saturated rings. The molecule has 0 aliphatic rings. The first-order chi connectivity index (χ1) is 6.33. The molecule has 3 unspecified atom stereocenters. The van der Waals surface area contributed by atoms with Gasteiger partial charge in [-0.2, -0.15) is 0 Å². The summed E-state index contributed by atoms with van der Waals surface area (Å²) in [4.78, 5) is 0. The molecule has 0 aromatic heterocycles. The van der Waals surface area contributed by atoms with Gasteiger partial charge < -0.3 is 0 Å². The Morgan fingerprint density at radius 2 is 1.71 bits per heavy atom. The Labute approximate surface area is 92.8 Å². The van der Waals surface area contributed by atoms with Gasteiger partial charge in [-0.3, -0.25) is 0 Å². The van der Waals surface area contributed by atoms with Crippen LogP contribution in [0, 0.1) is 17.3 Å². The molecule has 0 saturated carbocycles. The maximum atomic E-state index is 2.93. The second kappa shape index (κ2) is 5.91. The molecule has 0 saturated heterocycles. The smallest absolute Gasteiger partial charge is 0.00890 e. The van der Waals surface area contributed by atoms with E-state index >= 15 is 0 Å². The molecule has 0 bridgehead atoms. The number of hydrogen-bond acceptors (Lipinski definition) is 0. The van der Waals surface area contributed by atoms with Crippen LogP contribution in [-0.2, 0) is 0 Å². The van der Waals surface area contributed by atoms with E-state index in [4.69, 9.17) is 0 Å². The molecular weight excluding hydrogens is 187 g/mol. The first-order valence-electron chi connectivity index (χ1n) is 5.78. The van der Waals surface area contributed by atoms with Gasteiger partial charge in [0.05, 0.1) is 0 Å². The molecule has 0 rings (SSSR count). The first-order valence-corrected chi connectivity index (χ1v) is 6.45. The summed E-state index contributed by atoms with van der Waals surface area (Å²) in [5.74, 6) is 1.43. The van der Waals surface area contributed by atoms with Gasteiger partial charge in [0.15, 0.2) is 0 Å². The van der Waals surface area contributed by atoms with Gasteiger partial charge in [0.2, 0.25) is 0 Å². The Morgan fingerprint density at radius 3 is 2.00 bits per heavy atom. The molecule has 0 nitrogen and oxygen atoms in total. The predicted octanol–water partition coefficient (Wildman–Crippen LogP) is 4.51. The van der Waals surface area contributed by atoms with Gasteiger partial charge in [0.25, 0.3) is 0 Å². The van der Waals surface area contributed by atoms with E-state index in [0.717, 1.165) is 5.92 Å². The fraction of sp³-hybridized carbons (Fsp3) is 0.846. The van der Waals surface area contributed by atoms with Gasteiger partial charge in [-0.05, 0) is 29.3 Å². The maximum Gasteiger partial charge on any atom is -0.00890 e. The lowest BCUT2D eigenvalue weighted by Gasteiger charge is -2.29. The average molecular weight is 214 g/mol. The van der Waals surface area contributed by atoms with E-state index in [-0.39, 0.29) is 0 Å². The summed E-state index contributed by atoms with van der Waals surface area (Å²) in [5.41, 5.74) is 0.983. The lowest BCUT2D eigenvalue weighted by Crippen LogP contribution is -2.22. The van der Waals surface area contributed by atoms with Crippen LogP contribution in [0.4, 0.5) is 0 Å². The molecule has 0 heterocycles. The molecule has 0 aliphatic heterocycles. The summed E-state index contributed by atoms with van der Waals surface area (Å²) >= 11 is 0. The zero-order valence-corrected chi connectivity index (χ0v) is 11.8. The van der Waals surface area contributed by atoms with Crippen molar-refractivity contribution in [2.75, 3.05) is 0 Å². The molecule has 4 atom stereocenters. The Morgan fingerprint density at radius 1 is 1.21 bits per heavy atom. The van der Waals surface area contributed by atoms with E-state index in [1.807, 2.05) is 0 Å². The maximum absolute atomic E-state index is 2.93. The Balaban J connectivity index is 4.45. The van der Waals surface area contributed by atoms with Crippen LogP contribution in [0.1, 0.15) is 48.0 Å². The van der Waals surface area contributed by atoms with Crippen LogP contribution < -0.4 is 0 Å². The van der Waals surface area contributed by atoms with Gasteiger partial charge in [0, 0.05) is 0 Å². The summed E-state index contributed by atoms with van der Waals surface area (Å²) in [6.45, 7) is 13.7. The third-order valence-corrected chi connectivity index (χ3v) is 4.40. The second-order valence-corrected chi connectivity index (χ2v) is 6.11. The number of rotatable bonds is 5. The molecule has 0 amide bonds.